The molecule has 3 atom stereocenters. The summed E-state index contributed by atoms with van der Waals surface area (Å²) in [5.74, 6) is 0. The predicted octanol–water partition coefficient (Wildman–Crippen LogP) is 3.11. The molecular weight excluding hydrogens is 228 g/mol. The Morgan fingerprint density at radius 2 is 1.82 bits per heavy atom. The minimum Gasteiger partial charge on any atom is -0.329 e. The van der Waals surface area contributed by atoms with Crippen molar-refractivity contribution in [2.75, 3.05) is 19.6 Å². The minimum absolute atomic E-state index is 0.623. The molecule has 0 radical (unpaired) electrons. The topological polar surface area (TPSA) is 29.3 Å². The van der Waals surface area contributed by atoms with Gasteiger partial charge in [0.2, 0.25) is 0 Å². The van der Waals surface area contributed by atoms with Gasteiger partial charge in [0.15, 0.2) is 0 Å². The van der Waals surface area contributed by atoms with Gasteiger partial charge in [-0.25, -0.2) is 0 Å². The second-order valence-corrected chi connectivity index (χ2v) is 7.33. The first kappa shape index (κ1) is 15.3. The third-order valence-corrected chi connectivity index (χ3v) is 4.85. The summed E-state index contributed by atoms with van der Waals surface area (Å²) < 4.78 is 0. The molecule has 2 nitrogen and oxygen atoms in total. The van der Waals surface area contributed by atoms with Gasteiger partial charge in [-0.1, -0.05) is 46.5 Å². The molecule has 0 aliphatic carbocycles. The molecule has 2 N–H and O–H groups in total. The molecule has 17 heavy (non-hydrogen) atoms. The van der Waals surface area contributed by atoms with Crippen LogP contribution in [-0.4, -0.2) is 41.1 Å². The van der Waals surface area contributed by atoms with Crippen LogP contribution in [-0.2, 0) is 0 Å². The number of unbranched alkanes of at least 4 members (excludes halogenated alkanes) is 3. The smallest absolute Gasteiger partial charge is 0.0219 e. The second-order valence-electron chi connectivity index (χ2n) is 5.45. The second kappa shape index (κ2) is 8.39. The molecule has 0 aromatic carbocycles. The molecule has 3 unspecified atom stereocenters. The molecule has 0 aromatic rings. The van der Waals surface area contributed by atoms with E-state index in [-0.39, 0.29) is 0 Å². The van der Waals surface area contributed by atoms with Gasteiger partial charge in [0.05, 0.1) is 0 Å². The lowest BCUT2D eigenvalue weighted by Gasteiger charge is -2.39. The molecule has 0 bridgehead atoms. The monoisotopic (exact) mass is 258 g/mol. The zero-order valence-corrected chi connectivity index (χ0v) is 12.6. The van der Waals surface area contributed by atoms with Gasteiger partial charge in [-0.15, -0.1) is 0 Å². The number of hydrogen-bond acceptors (Lipinski definition) is 3. The molecule has 1 fully saturated rings. The Kier molecular flexibility index (Phi) is 7.56. The van der Waals surface area contributed by atoms with Crippen LogP contribution in [0.4, 0.5) is 0 Å². The highest BCUT2D eigenvalue weighted by Gasteiger charge is 2.26. The van der Waals surface area contributed by atoms with E-state index < -0.39 is 0 Å². The summed E-state index contributed by atoms with van der Waals surface area (Å²) in [6.45, 7) is 10.2. The Hall–Kier alpha value is 0.270. The lowest BCUT2D eigenvalue weighted by Crippen LogP contribution is -2.49. The van der Waals surface area contributed by atoms with Gasteiger partial charge in [-0.3, -0.25) is 4.90 Å². The molecule has 1 heterocycles. The van der Waals surface area contributed by atoms with E-state index in [1.165, 1.54) is 45.2 Å². The van der Waals surface area contributed by atoms with Crippen LogP contribution in [0.1, 0.15) is 52.9 Å². The van der Waals surface area contributed by atoms with E-state index in [9.17, 15) is 0 Å². The third kappa shape index (κ3) is 5.62. The standard InChI is InChI=1S/C14H30N2S/c1-4-5-6-7-8-14(9-15)16-10-12(2)17-13(3)11-16/h12-14H,4-11,15H2,1-3H3. The average molecular weight is 258 g/mol. The average Bonchev–Trinajstić information content (AvgIpc) is 2.28. The molecule has 1 rings (SSSR count). The van der Waals surface area contributed by atoms with Crippen molar-refractivity contribution in [3.8, 4) is 0 Å². The van der Waals surface area contributed by atoms with Gasteiger partial charge in [0.1, 0.15) is 0 Å². The van der Waals surface area contributed by atoms with Crippen molar-refractivity contribution < 1.29 is 0 Å². The Bertz CT molecular complexity index is 189. The van der Waals surface area contributed by atoms with Crippen molar-refractivity contribution in [3.05, 3.63) is 0 Å². The van der Waals surface area contributed by atoms with Crippen LogP contribution >= 0.6 is 11.8 Å². The lowest BCUT2D eigenvalue weighted by atomic mass is 10.1. The summed E-state index contributed by atoms with van der Waals surface area (Å²) in [6.07, 6.45) is 6.71. The van der Waals surface area contributed by atoms with Crippen LogP contribution in [0.5, 0.6) is 0 Å². The summed E-state index contributed by atoms with van der Waals surface area (Å²) in [6, 6.07) is 0.623. The van der Waals surface area contributed by atoms with E-state index in [1.807, 2.05) is 0 Å². The fourth-order valence-corrected chi connectivity index (χ4v) is 4.12. The molecule has 0 saturated carbocycles. The van der Waals surface area contributed by atoms with E-state index in [2.05, 4.69) is 37.4 Å². The number of nitrogens with zero attached hydrogens (tertiary/aromatic N) is 1. The highest BCUT2D eigenvalue weighted by atomic mass is 32.2. The minimum atomic E-state index is 0.623. The largest absolute Gasteiger partial charge is 0.329 e. The first-order valence-corrected chi connectivity index (χ1v) is 8.21. The van der Waals surface area contributed by atoms with Crippen molar-refractivity contribution in [1.29, 1.82) is 0 Å². The highest BCUT2D eigenvalue weighted by Crippen LogP contribution is 2.26. The SMILES string of the molecule is CCCCCCC(CN)N1CC(C)SC(C)C1. The molecule has 0 amide bonds. The first-order chi connectivity index (χ1) is 8.17. The maximum Gasteiger partial charge on any atom is 0.0219 e. The first-order valence-electron chi connectivity index (χ1n) is 7.27. The highest BCUT2D eigenvalue weighted by molar-refractivity contribution is 8.00. The zero-order valence-electron chi connectivity index (χ0n) is 11.8. The fourth-order valence-electron chi connectivity index (χ4n) is 2.77. The van der Waals surface area contributed by atoms with E-state index in [4.69, 9.17) is 5.73 Å². The van der Waals surface area contributed by atoms with Gasteiger partial charge >= 0.3 is 0 Å². The van der Waals surface area contributed by atoms with Gasteiger partial charge < -0.3 is 5.73 Å². The number of nitrogens with two attached hydrogens (primary N) is 1. The maximum absolute atomic E-state index is 5.96. The Morgan fingerprint density at radius 3 is 2.35 bits per heavy atom. The Morgan fingerprint density at radius 1 is 1.18 bits per heavy atom. The third-order valence-electron chi connectivity index (χ3n) is 3.63. The normalized spacial score (nSPS) is 28.2. The molecular formula is C14H30N2S. The van der Waals surface area contributed by atoms with E-state index in [0.29, 0.717) is 6.04 Å². The molecule has 1 aliphatic heterocycles. The summed E-state index contributed by atoms with van der Waals surface area (Å²) >= 11 is 2.12. The predicted molar refractivity (Wildman–Crippen MR) is 79.7 cm³/mol. The number of rotatable bonds is 7. The molecule has 1 aliphatic rings. The van der Waals surface area contributed by atoms with E-state index >= 15 is 0 Å². The van der Waals surface area contributed by atoms with Crippen LogP contribution in [0.15, 0.2) is 0 Å². The van der Waals surface area contributed by atoms with E-state index in [1.54, 1.807) is 0 Å². The van der Waals surface area contributed by atoms with Gasteiger partial charge in [0, 0.05) is 36.2 Å². The summed E-state index contributed by atoms with van der Waals surface area (Å²) in [5, 5.41) is 1.53. The fraction of sp³-hybridized carbons (Fsp3) is 1.00. The maximum atomic E-state index is 5.96. The van der Waals surface area contributed by atoms with Crippen LogP contribution < -0.4 is 5.73 Å². The summed E-state index contributed by atoms with van der Waals surface area (Å²) in [5.41, 5.74) is 5.96. The van der Waals surface area contributed by atoms with Crippen molar-refractivity contribution in [2.24, 2.45) is 5.73 Å². The summed E-state index contributed by atoms with van der Waals surface area (Å²) in [4.78, 5) is 2.64. The molecule has 0 spiro atoms. The van der Waals surface area contributed by atoms with Gasteiger partial charge in [0.25, 0.3) is 0 Å². The van der Waals surface area contributed by atoms with Gasteiger partial charge in [-0.05, 0) is 6.42 Å². The van der Waals surface area contributed by atoms with Gasteiger partial charge in [-0.2, -0.15) is 11.8 Å². The number of thioether (sulfide) groups is 1. The van der Waals surface area contributed by atoms with Crippen molar-refractivity contribution in [1.82, 2.24) is 4.90 Å². The van der Waals surface area contributed by atoms with Crippen molar-refractivity contribution in [3.63, 3.8) is 0 Å². The van der Waals surface area contributed by atoms with E-state index in [0.717, 1.165) is 17.0 Å². The molecule has 0 aromatic heterocycles. The quantitative estimate of drug-likeness (QED) is 0.712. The Balaban J connectivity index is 2.32. The zero-order chi connectivity index (χ0) is 12.7. The molecule has 3 heteroatoms. The molecule has 102 valence electrons. The summed E-state index contributed by atoms with van der Waals surface area (Å²) in [7, 11) is 0. The van der Waals surface area contributed by atoms with Crippen LogP contribution in [0.2, 0.25) is 0 Å². The van der Waals surface area contributed by atoms with Crippen LogP contribution in [0.25, 0.3) is 0 Å². The lowest BCUT2D eigenvalue weighted by molar-refractivity contribution is 0.185. The molecule has 1 saturated heterocycles. The van der Waals surface area contributed by atoms with Crippen LogP contribution in [0.3, 0.4) is 0 Å². The van der Waals surface area contributed by atoms with Crippen molar-refractivity contribution >= 4 is 11.8 Å². The Labute approximate surface area is 112 Å². The van der Waals surface area contributed by atoms with Crippen molar-refractivity contribution in [2.45, 2.75) is 69.4 Å². The number of hydrogen-bond donors (Lipinski definition) is 1. The van der Waals surface area contributed by atoms with Crippen LogP contribution in [0, 0.1) is 0 Å².